The van der Waals surface area contributed by atoms with Crippen molar-refractivity contribution in [2.24, 2.45) is 28.9 Å². The summed E-state index contributed by atoms with van der Waals surface area (Å²) in [7, 11) is 0. The van der Waals surface area contributed by atoms with Gasteiger partial charge in [-0.1, -0.05) is 64.5 Å². The maximum atomic E-state index is 14.2. The van der Waals surface area contributed by atoms with Crippen LogP contribution >= 0.6 is 0 Å². The Hall–Kier alpha value is -7.38. The molecule has 2 aliphatic heterocycles. The lowest BCUT2D eigenvalue weighted by molar-refractivity contribution is -0.143. The fourth-order valence-electron chi connectivity index (χ4n) is 8.35. The number of unbranched alkanes of at least 4 members (excludes halogenated alkanes) is 3. The van der Waals surface area contributed by atoms with Gasteiger partial charge in [0.2, 0.25) is 70.9 Å². The number of primary amides is 4. The molecule has 26 nitrogen and oxygen atoms in total. The van der Waals surface area contributed by atoms with Gasteiger partial charge in [-0.15, -0.1) is 0 Å². The number of hydrogen-bond donors (Lipinski definition) is 13. The van der Waals surface area contributed by atoms with E-state index in [1.807, 2.05) is 0 Å². The summed E-state index contributed by atoms with van der Waals surface area (Å²) in [4.78, 5) is 162. The molecule has 0 spiro atoms. The van der Waals surface area contributed by atoms with Crippen molar-refractivity contribution in [3.63, 3.8) is 0 Å². The number of aromatic hydroxyl groups is 1. The first kappa shape index (κ1) is 59.9. The van der Waals surface area contributed by atoms with Crippen LogP contribution in [0.25, 0.3) is 0 Å². The fraction of sp³-hybridized carbons (Fsp3) is 0.617. The number of carbonyl (C=O) groups is 12. The van der Waals surface area contributed by atoms with Gasteiger partial charge in [-0.3, -0.25) is 57.5 Å². The maximum Gasteiger partial charge on any atom is 0.246 e. The Morgan fingerprint density at radius 2 is 1.12 bits per heavy atom. The van der Waals surface area contributed by atoms with Gasteiger partial charge in [0.1, 0.15) is 48.0 Å². The molecular formula is C47H72N12O14. The number of nitrogens with two attached hydrogens (primary N) is 4. The summed E-state index contributed by atoms with van der Waals surface area (Å²) in [5, 5.41) is 37.0. The van der Waals surface area contributed by atoms with E-state index >= 15 is 0 Å². The first-order valence-corrected chi connectivity index (χ1v) is 24.5. The van der Waals surface area contributed by atoms with E-state index < -0.39 is 164 Å². The molecular weight excluding hydrogens is 957 g/mol. The van der Waals surface area contributed by atoms with Crippen LogP contribution in [0.1, 0.15) is 116 Å². The van der Waals surface area contributed by atoms with Crippen molar-refractivity contribution in [3.05, 3.63) is 29.8 Å². The number of benzene rings is 1. The topological polar surface area (TPSA) is 437 Å². The second-order valence-corrected chi connectivity index (χ2v) is 18.6. The van der Waals surface area contributed by atoms with Gasteiger partial charge in [0, 0.05) is 31.8 Å². The van der Waals surface area contributed by atoms with Crippen LogP contribution in [0.15, 0.2) is 24.3 Å². The Labute approximate surface area is 422 Å². The summed E-state index contributed by atoms with van der Waals surface area (Å²) in [5.41, 5.74) is 22.1. The van der Waals surface area contributed by atoms with Gasteiger partial charge in [0.05, 0.1) is 25.9 Å². The van der Waals surface area contributed by atoms with E-state index in [4.69, 9.17) is 22.9 Å². The average molecular weight is 1030 g/mol. The largest absolute Gasteiger partial charge is 0.508 e. The molecule has 12 amide bonds. The van der Waals surface area contributed by atoms with Crippen molar-refractivity contribution < 1.29 is 67.7 Å². The lowest BCUT2D eigenvalue weighted by Gasteiger charge is -2.30. The molecule has 2 aliphatic rings. The van der Waals surface area contributed by atoms with Gasteiger partial charge in [-0.05, 0) is 49.3 Å². The molecule has 2 unspecified atom stereocenters. The number of carbonyl (C=O) groups excluding carboxylic acids is 12. The molecule has 3 rings (SSSR count). The molecule has 2 heterocycles. The van der Waals surface area contributed by atoms with Crippen molar-refractivity contribution in [1.82, 2.24) is 42.1 Å². The van der Waals surface area contributed by atoms with Gasteiger partial charge in [0.25, 0.3) is 0 Å². The summed E-state index contributed by atoms with van der Waals surface area (Å²) in [6, 6.07) is -7.40. The Morgan fingerprint density at radius 3 is 1.71 bits per heavy atom. The number of fused-ring (bicyclic) bond motifs is 1. The highest BCUT2D eigenvalue weighted by Crippen LogP contribution is 2.21. The summed E-state index contributed by atoms with van der Waals surface area (Å²) < 4.78 is 0. The number of hydrogen-bond acceptors (Lipinski definition) is 14. The second-order valence-electron chi connectivity index (χ2n) is 18.6. The number of rotatable bonds is 20. The third kappa shape index (κ3) is 20.7. The SMILES string of the molecule is CCC(C)CCCCCCC1CC(=O)N[C@@H](CC(N)=O)C(=O)N[C@H](Cc2ccc(O)cc2)C(=O)N[C@@H](CC(N)=O)C(=O)N[C@@H](CCC(N)=O)C(=O)N[C@@H](CO)C(=O)N[C@@H](CC(N)=O)C(=O)N2CCC[C@@H]2C(=O)N1. The summed E-state index contributed by atoms with van der Waals surface area (Å²) >= 11 is 0. The van der Waals surface area contributed by atoms with Gasteiger partial charge < -0.3 is 75.3 Å². The van der Waals surface area contributed by atoms with Crippen molar-refractivity contribution in [3.8, 4) is 5.75 Å². The smallest absolute Gasteiger partial charge is 0.246 e. The minimum Gasteiger partial charge on any atom is -0.508 e. The molecule has 1 aromatic rings. The third-order valence-electron chi connectivity index (χ3n) is 12.6. The molecule has 0 radical (unpaired) electrons. The van der Waals surface area contributed by atoms with E-state index in [0.29, 0.717) is 24.3 Å². The molecule has 0 aliphatic carbocycles. The highest BCUT2D eigenvalue weighted by atomic mass is 16.3. The standard InChI is InChI=1S/C47H72N12O14/c1-3-25(2)9-6-4-5-7-10-27-20-40(66)53-31(21-37(49)63)43(69)55-30(19-26-12-14-28(61)15-13-26)42(68)56-32(22-38(50)64)44(70)54-29(16-17-36(48)62)41(67)58-34(24-60)45(71)57-33(23-39(51)65)47(73)59-18-8-11-35(59)46(72)52-27/h12-15,25,27,29-35,60-61H,3-11,16-24H2,1-2H3,(H2,48,62)(H2,49,63)(H2,50,64)(H2,51,65)(H,52,72)(H,53,66)(H,54,70)(H,55,69)(H,56,68)(H,57,71)(H,58,67)/t25?,27?,29-,30+,31-,32-,33-,34-,35+/m0/s1. The highest BCUT2D eigenvalue weighted by molar-refractivity contribution is 6.00. The Balaban J connectivity index is 2.15. The summed E-state index contributed by atoms with van der Waals surface area (Å²) in [5.74, 6) is -12.2. The summed E-state index contributed by atoms with van der Waals surface area (Å²) in [6.45, 7) is 3.12. The highest BCUT2D eigenvalue weighted by Gasteiger charge is 2.40. The molecule has 404 valence electrons. The number of amides is 12. The number of aliphatic hydroxyl groups excluding tert-OH is 1. The zero-order chi connectivity index (χ0) is 54.4. The van der Waals surface area contributed by atoms with Crippen LogP contribution in [0.4, 0.5) is 0 Å². The fourth-order valence-corrected chi connectivity index (χ4v) is 8.35. The van der Waals surface area contributed by atoms with Crippen molar-refractivity contribution >= 4 is 70.9 Å². The van der Waals surface area contributed by atoms with Gasteiger partial charge in [0.15, 0.2) is 0 Å². The zero-order valence-corrected chi connectivity index (χ0v) is 41.3. The van der Waals surface area contributed by atoms with Crippen LogP contribution in [0, 0.1) is 5.92 Å². The quantitative estimate of drug-likeness (QED) is 0.0554. The van der Waals surface area contributed by atoms with E-state index in [9.17, 15) is 67.7 Å². The number of nitrogens with zero attached hydrogens (tertiary/aromatic N) is 1. The van der Waals surface area contributed by atoms with Crippen molar-refractivity contribution in [2.45, 2.75) is 165 Å². The lowest BCUT2D eigenvalue weighted by Crippen LogP contribution is -2.61. The molecule has 0 bridgehead atoms. The average Bonchev–Trinajstić information content (AvgIpc) is 3.82. The van der Waals surface area contributed by atoms with Crippen LogP contribution < -0.4 is 60.2 Å². The number of phenolic OH excluding ortho intramolecular Hbond substituents is 1. The predicted octanol–water partition coefficient (Wildman–Crippen LogP) is -4.01. The molecule has 0 saturated carbocycles. The number of nitrogens with one attached hydrogen (secondary N) is 7. The minimum atomic E-state index is -1.90. The molecule has 26 heteroatoms. The van der Waals surface area contributed by atoms with Crippen molar-refractivity contribution in [2.75, 3.05) is 13.2 Å². The van der Waals surface area contributed by atoms with Gasteiger partial charge >= 0.3 is 0 Å². The Bertz CT molecular complexity index is 2160. The summed E-state index contributed by atoms with van der Waals surface area (Å²) in [6.07, 6.45) is 1.42. The van der Waals surface area contributed by atoms with Gasteiger partial charge in [-0.25, -0.2) is 0 Å². The molecule has 0 aromatic heterocycles. The van der Waals surface area contributed by atoms with E-state index in [1.54, 1.807) is 0 Å². The van der Waals surface area contributed by atoms with Crippen LogP contribution in [0.3, 0.4) is 0 Å². The maximum absolute atomic E-state index is 14.2. The second kappa shape index (κ2) is 29.8. The van der Waals surface area contributed by atoms with Crippen LogP contribution in [-0.2, 0) is 64.0 Å². The van der Waals surface area contributed by atoms with E-state index in [0.717, 1.165) is 37.0 Å². The molecule has 9 atom stereocenters. The predicted molar refractivity (Wildman–Crippen MR) is 259 cm³/mol. The molecule has 73 heavy (non-hydrogen) atoms. The molecule has 2 saturated heterocycles. The van der Waals surface area contributed by atoms with Crippen molar-refractivity contribution in [1.29, 1.82) is 0 Å². The normalized spacial score (nSPS) is 24.7. The molecule has 17 N–H and O–H groups in total. The Kier molecular flexibility index (Phi) is 24.5. The first-order chi connectivity index (χ1) is 34.5. The minimum absolute atomic E-state index is 0.0173. The van der Waals surface area contributed by atoms with E-state index in [-0.39, 0.29) is 31.6 Å². The monoisotopic (exact) mass is 1030 g/mol. The van der Waals surface area contributed by atoms with Gasteiger partial charge in [-0.2, -0.15) is 0 Å². The van der Waals surface area contributed by atoms with E-state index in [1.165, 1.54) is 24.3 Å². The van der Waals surface area contributed by atoms with Crippen LogP contribution in [0.2, 0.25) is 0 Å². The Morgan fingerprint density at radius 1 is 0.616 bits per heavy atom. The molecule has 1 aromatic carbocycles. The number of phenols is 1. The first-order valence-electron chi connectivity index (χ1n) is 24.5. The van der Waals surface area contributed by atoms with Crippen LogP contribution in [0.5, 0.6) is 5.75 Å². The molecule has 2 fully saturated rings. The lowest BCUT2D eigenvalue weighted by atomic mass is 9.98. The van der Waals surface area contributed by atoms with E-state index in [2.05, 4.69) is 51.1 Å². The zero-order valence-electron chi connectivity index (χ0n) is 41.3. The number of aliphatic hydroxyl groups is 1. The third-order valence-corrected chi connectivity index (χ3v) is 12.6. The van der Waals surface area contributed by atoms with Crippen LogP contribution in [-0.4, -0.2) is 147 Å².